The normalized spacial score (nSPS) is 18.1. The highest BCUT2D eigenvalue weighted by molar-refractivity contribution is 7.98. The number of carbonyl (C=O) groups is 1. The standard InChI is InChI=1S/C22H18ClFN4OS/c23-16-5-2-1-4-14(16)12-30-22-26-21-25-17-6-3-7-18(29)19(17)20(28(21)27-22)13-8-10-15(24)11-9-13/h1-2,4-5,8-11,20H,3,6-7,12H2,(H,25,26,27). The molecule has 30 heavy (non-hydrogen) atoms. The number of fused-ring (bicyclic) bond motifs is 1. The first-order valence-electron chi connectivity index (χ1n) is 9.71. The summed E-state index contributed by atoms with van der Waals surface area (Å²) in [6, 6.07) is 13.5. The van der Waals surface area contributed by atoms with Crippen LogP contribution in [-0.2, 0) is 10.5 Å². The van der Waals surface area contributed by atoms with E-state index in [0.29, 0.717) is 33.9 Å². The molecule has 1 aliphatic heterocycles. The van der Waals surface area contributed by atoms with Gasteiger partial charge in [0.05, 0.1) is 0 Å². The van der Waals surface area contributed by atoms with Gasteiger partial charge in [-0.05, 0) is 42.2 Å². The number of hydrogen-bond acceptors (Lipinski definition) is 5. The van der Waals surface area contributed by atoms with Crippen LogP contribution in [0.3, 0.4) is 0 Å². The molecule has 2 aromatic carbocycles. The van der Waals surface area contributed by atoms with Gasteiger partial charge in [-0.25, -0.2) is 9.07 Å². The molecule has 1 aromatic heterocycles. The van der Waals surface area contributed by atoms with Gasteiger partial charge in [0.15, 0.2) is 5.78 Å². The number of ketones is 1. The Hall–Kier alpha value is -2.64. The second kappa shape index (κ2) is 7.89. The highest BCUT2D eigenvalue weighted by atomic mass is 35.5. The van der Waals surface area contributed by atoms with Crippen LogP contribution in [0.5, 0.6) is 0 Å². The third-order valence-corrected chi connectivity index (χ3v) is 6.60. The molecule has 1 aliphatic carbocycles. The number of hydrogen-bond donors (Lipinski definition) is 1. The first-order chi connectivity index (χ1) is 14.6. The van der Waals surface area contributed by atoms with E-state index in [0.717, 1.165) is 29.7 Å². The third-order valence-electron chi connectivity index (χ3n) is 5.35. The number of nitrogens with one attached hydrogen (secondary N) is 1. The van der Waals surface area contributed by atoms with E-state index < -0.39 is 6.04 Å². The summed E-state index contributed by atoms with van der Waals surface area (Å²) < 4.78 is 15.3. The number of anilines is 1. The van der Waals surface area contributed by atoms with E-state index in [1.54, 1.807) is 16.8 Å². The average Bonchev–Trinajstić information content (AvgIpc) is 3.15. The molecule has 0 saturated carbocycles. The Labute approximate surface area is 182 Å². The smallest absolute Gasteiger partial charge is 0.227 e. The van der Waals surface area contributed by atoms with Gasteiger partial charge < -0.3 is 5.32 Å². The molecule has 1 N–H and O–H groups in total. The van der Waals surface area contributed by atoms with Gasteiger partial charge in [0.1, 0.15) is 11.9 Å². The zero-order chi connectivity index (χ0) is 20.7. The fraction of sp³-hybridized carbons (Fsp3) is 0.227. The molecule has 5 nitrogen and oxygen atoms in total. The number of halogens is 2. The van der Waals surface area contributed by atoms with Crippen molar-refractivity contribution in [3.8, 4) is 0 Å². The quantitative estimate of drug-likeness (QED) is 0.551. The van der Waals surface area contributed by atoms with Crippen molar-refractivity contribution < 1.29 is 9.18 Å². The van der Waals surface area contributed by atoms with Gasteiger partial charge >= 0.3 is 0 Å². The van der Waals surface area contributed by atoms with Gasteiger partial charge in [-0.15, -0.1) is 5.10 Å². The lowest BCUT2D eigenvalue weighted by atomic mass is 9.85. The largest absolute Gasteiger partial charge is 0.328 e. The average molecular weight is 441 g/mol. The number of Topliss-reactive ketones (excluding diaryl/α,β-unsaturated/α-hetero) is 1. The highest BCUT2D eigenvalue weighted by Gasteiger charge is 2.36. The van der Waals surface area contributed by atoms with Crippen molar-refractivity contribution in [1.82, 2.24) is 14.8 Å². The van der Waals surface area contributed by atoms with Crippen LogP contribution in [0.25, 0.3) is 0 Å². The van der Waals surface area contributed by atoms with Crippen molar-refractivity contribution in [3.63, 3.8) is 0 Å². The Bertz CT molecular complexity index is 1160. The molecule has 2 heterocycles. The van der Waals surface area contributed by atoms with Crippen LogP contribution < -0.4 is 5.32 Å². The molecule has 3 aromatic rings. The molecule has 0 radical (unpaired) electrons. The summed E-state index contributed by atoms with van der Waals surface area (Å²) in [5, 5.41) is 9.29. The van der Waals surface area contributed by atoms with Crippen LogP contribution in [0.4, 0.5) is 10.3 Å². The summed E-state index contributed by atoms with van der Waals surface area (Å²) in [7, 11) is 0. The van der Waals surface area contributed by atoms with Crippen LogP contribution in [0.15, 0.2) is 65.0 Å². The lowest BCUT2D eigenvalue weighted by Gasteiger charge is -2.32. The van der Waals surface area contributed by atoms with Gasteiger partial charge in [0.2, 0.25) is 11.1 Å². The molecule has 5 rings (SSSR count). The van der Waals surface area contributed by atoms with Gasteiger partial charge in [-0.1, -0.05) is 53.7 Å². The molecule has 0 spiro atoms. The highest BCUT2D eigenvalue weighted by Crippen LogP contribution is 2.40. The maximum absolute atomic E-state index is 13.5. The van der Waals surface area contributed by atoms with E-state index in [-0.39, 0.29) is 11.6 Å². The Morgan fingerprint density at radius 1 is 1.17 bits per heavy atom. The van der Waals surface area contributed by atoms with E-state index >= 15 is 0 Å². The number of allylic oxidation sites excluding steroid dienone is 2. The van der Waals surface area contributed by atoms with Crippen molar-refractivity contribution in [2.24, 2.45) is 0 Å². The number of benzene rings is 2. The van der Waals surface area contributed by atoms with E-state index in [1.807, 2.05) is 24.3 Å². The summed E-state index contributed by atoms with van der Waals surface area (Å²) in [5.41, 5.74) is 3.41. The molecule has 152 valence electrons. The third kappa shape index (κ3) is 3.52. The molecule has 2 aliphatic rings. The predicted octanol–water partition coefficient (Wildman–Crippen LogP) is 5.38. The van der Waals surface area contributed by atoms with Gasteiger partial charge in [0, 0.05) is 28.5 Å². The van der Waals surface area contributed by atoms with Gasteiger partial charge in [-0.2, -0.15) is 4.98 Å². The minimum atomic E-state index is -0.410. The van der Waals surface area contributed by atoms with Crippen molar-refractivity contribution in [2.75, 3.05) is 5.32 Å². The van der Waals surface area contributed by atoms with E-state index in [1.165, 1.54) is 23.9 Å². The maximum Gasteiger partial charge on any atom is 0.227 e. The summed E-state index contributed by atoms with van der Waals surface area (Å²) >= 11 is 7.74. The SMILES string of the molecule is O=C1CCCC2=C1C(c1ccc(F)cc1)n1nc(SCc3ccccc3Cl)nc1N2. The molecule has 0 fully saturated rings. The zero-order valence-electron chi connectivity index (χ0n) is 15.9. The Morgan fingerprint density at radius 3 is 2.77 bits per heavy atom. The first-order valence-corrected chi connectivity index (χ1v) is 11.1. The minimum absolute atomic E-state index is 0.101. The predicted molar refractivity (Wildman–Crippen MR) is 115 cm³/mol. The van der Waals surface area contributed by atoms with Crippen molar-refractivity contribution in [3.05, 3.63) is 81.8 Å². The molecule has 1 unspecified atom stereocenters. The fourth-order valence-electron chi connectivity index (χ4n) is 3.91. The molecule has 8 heteroatoms. The molecule has 0 amide bonds. The second-order valence-corrected chi connectivity index (χ2v) is 8.64. The molecule has 0 bridgehead atoms. The molecule has 1 atom stereocenters. The van der Waals surface area contributed by atoms with Gasteiger partial charge in [-0.3, -0.25) is 4.79 Å². The van der Waals surface area contributed by atoms with E-state index in [4.69, 9.17) is 11.6 Å². The number of nitrogens with zero attached hydrogens (tertiary/aromatic N) is 3. The second-order valence-electron chi connectivity index (χ2n) is 7.29. The zero-order valence-corrected chi connectivity index (χ0v) is 17.5. The summed E-state index contributed by atoms with van der Waals surface area (Å²) in [6.45, 7) is 0. The Kier molecular flexibility index (Phi) is 5.08. The number of rotatable bonds is 4. The molecule has 0 saturated heterocycles. The van der Waals surface area contributed by atoms with E-state index in [9.17, 15) is 9.18 Å². The Balaban J connectivity index is 1.51. The lowest BCUT2D eigenvalue weighted by Crippen LogP contribution is -2.31. The fourth-order valence-corrected chi connectivity index (χ4v) is 5.02. The van der Waals surface area contributed by atoms with E-state index in [2.05, 4.69) is 15.4 Å². The van der Waals surface area contributed by atoms with Crippen LogP contribution in [-0.4, -0.2) is 20.5 Å². The summed E-state index contributed by atoms with van der Waals surface area (Å²) in [4.78, 5) is 17.4. The first kappa shape index (κ1) is 19.3. The Morgan fingerprint density at radius 2 is 1.97 bits per heavy atom. The monoisotopic (exact) mass is 440 g/mol. The van der Waals surface area contributed by atoms with Gasteiger partial charge in [0.25, 0.3) is 0 Å². The molecular formula is C22H18ClFN4OS. The lowest BCUT2D eigenvalue weighted by molar-refractivity contribution is -0.116. The van der Waals surface area contributed by atoms with Crippen LogP contribution >= 0.6 is 23.4 Å². The van der Waals surface area contributed by atoms with Crippen LogP contribution in [0.1, 0.15) is 36.4 Å². The molecular weight excluding hydrogens is 423 g/mol. The number of aromatic nitrogens is 3. The van der Waals surface area contributed by atoms with Crippen molar-refractivity contribution in [1.29, 1.82) is 0 Å². The summed E-state index contributed by atoms with van der Waals surface area (Å²) in [5.74, 6) is 1.02. The van der Waals surface area contributed by atoms with Crippen molar-refractivity contribution in [2.45, 2.75) is 36.2 Å². The number of thioether (sulfide) groups is 1. The van der Waals surface area contributed by atoms with Crippen LogP contribution in [0, 0.1) is 5.82 Å². The van der Waals surface area contributed by atoms with Crippen molar-refractivity contribution >= 4 is 35.1 Å². The minimum Gasteiger partial charge on any atom is -0.328 e. The van der Waals surface area contributed by atoms with Crippen LogP contribution in [0.2, 0.25) is 5.02 Å². The maximum atomic E-state index is 13.5. The topological polar surface area (TPSA) is 59.8 Å². The number of carbonyl (C=O) groups excluding carboxylic acids is 1. The summed E-state index contributed by atoms with van der Waals surface area (Å²) in [6.07, 6.45) is 2.10.